The number of carbonyl (C=O) groups is 1. The Morgan fingerprint density at radius 3 is 2.46 bits per heavy atom. The predicted molar refractivity (Wildman–Crippen MR) is 137 cm³/mol. The van der Waals surface area contributed by atoms with Crippen LogP contribution in [0.5, 0.6) is 5.75 Å². The van der Waals surface area contributed by atoms with E-state index in [-0.39, 0.29) is 11.7 Å². The number of nitrogens with zero attached hydrogens (tertiary/aromatic N) is 4. The van der Waals surface area contributed by atoms with Crippen LogP contribution in [0.25, 0.3) is 28.0 Å². The van der Waals surface area contributed by atoms with Crippen LogP contribution < -0.4 is 10.1 Å². The van der Waals surface area contributed by atoms with E-state index in [0.29, 0.717) is 17.3 Å². The Labute approximate surface area is 207 Å². The summed E-state index contributed by atoms with van der Waals surface area (Å²) in [4.78, 5) is 12.4. The summed E-state index contributed by atoms with van der Waals surface area (Å²) in [6, 6.07) is 30.0. The van der Waals surface area contributed by atoms with Crippen LogP contribution in [-0.4, -0.2) is 38.6 Å². The minimum atomic E-state index is -0.0952. The fraction of sp³-hybridized carbons (Fsp3) is 0.111. The third kappa shape index (κ3) is 5.33. The number of fused-ring (bicyclic) bond motifs is 1. The number of nitrogens with one attached hydrogen (secondary N) is 1. The molecule has 0 atom stereocenters. The molecule has 3 aromatic carbocycles. The molecule has 1 N–H and O–H groups in total. The van der Waals surface area contributed by atoms with Gasteiger partial charge < -0.3 is 10.1 Å². The van der Waals surface area contributed by atoms with Gasteiger partial charge in [0.05, 0.1) is 18.6 Å². The number of carbonyl (C=O) groups excluding carboxylic acids is 1. The van der Waals surface area contributed by atoms with Crippen molar-refractivity contribution >= 4 is 23.3 Å². The largest absolute Gasteiger partial charge is 0.497 e. The Kier molecular flexibility index (Phi) is 6.72. The topological polar surface area (TPSA) is 81.4 Å². The first-order chi connectivity index (χ1) is 17.2. The number of methoxy groups -OCH3 is 1. The summed E-state index contributed by atoms with van der Waals surface area (Å²) in [5.41, 5.74) is 5.73. The minimum Gasteiger partial charge on any atom is -0.497 e. The van der Waals surface area contributed by atoms with Crippen molar-refractivity contribution in [1.82, 2.24) is 25.1 Å². The van der Waals surface area contributed by atoms with E-state index in [1.165, 1.54) is 17.3 Å². The second-order valence-electron chi connectivity index (χ2n) is 7.83. The average Bonchev–Trinajstić information content (AvgIpc) is 3.33. The van der Waals surface area contributed by atoms with E-state index in [1.807, 2.05) is 54.6 Å². The first-order valence-corrected chi connectivity index (χ1v) is 12.1. The van der Waals surface area contributed by atoms with Gasteiger partial charge in [-0.25, -0.2) is 0 Å². The molecule has 0 aliphatic carbocycles. The highest BCUT2D eigenvalue weighted by atomic mass is 32.2. The summed E-state index contributed by atoms with van der Waals surface area (Å²) in [7, 11) is 1.62. The summed E-state index contributed by atoms with van der Waals surface area (Å²) in [6.45, 7) is 0.429. The van der Waals surface area contributed by atoms with E-state index in [0.717, 1.165) is 28.1 Å². The lowest BCUT2D eigenvalue weighted by molar-refractivity contribution is -0.118. The molecule has 0 bridgehead atoms. The van der Waals surface area contributed by atoms with Crippen LogP contribution >= 0.6 is 11.8 Å². The van der Waals surface area contributed by atoms with E-state index in [9.17, 15) is 4.79 Å². The van der Waals surface area contributed by atoms with Gasteiger partial charge in [0.15, 0.2) is 5.65 Å². The van der Waals surface area contributed by atoms with E-state index in [1.54, 1.807) is 11.6 Å². The quantitative estimate of drug-likeness (QED) is 0.318. The second-order valence-corrected chi connectivity index (χ2v) is 8.77. The molecule has 5 aromatic rings. The Bertz CT molecular complexity index is 1450. The number of hydrogen-bond donors (Lipinski definition) is 1. The van der Waals surface area contributed by atoms with E-state index < -0.39 is 0 Å². The Hall–Kier alpha value is -4.17. The summed E-state index contributed by atoms with van der Waals surface area (Å²) < 4.78 is 6.91. The van der Waals surface area contributed by atoms with Gasteiger partial charge in [-0.15, -0.1) is 10.2 Å². The van der Waals surface area contributed by atoms with Crippen LogP contribution in [0.4, 0.5) is 0 Å². The molecular formula is C27H23N5O2S. The zero-order valence-corrected chi connectivity index (χ0v) is 19.9. The van der Waals surface area contributed by atoms with Crippen molar-refractivity contribution in [2.75, 3.05) is 12.9 Å². The van der Waals surface area contributed by atoms with Crippen molar-refractivity contribution in [3.05, 3.63) is 96.6 Å². The average molecular weight is 482 g/mol. The maximum atomic E-state index is 12.4. The second kappa shape index (κ2) is 10.4. The van der Waals surface area contributed by atoms with Crippen molar-refractivity contribution in [2.45, 2.75) is 11.7 Å². The maximum absolute atomic E-state index is 12.4. The smallest absolute Gasteiger partial charge is 0.230 e. The van der Waals surface area contributed by atoms with Gasteiger partial charge in [0.25, 0.3) is 0 Å². The summed E-state index contributed by atoms with van der Waals surface area (Å²) in [5, 5.41) is 16.6. The fourth-order valence-electron chi connectivity index (χ4n) is 3.64. The number of hydrogen-bond acceptors (Lipinski definition) is 6. The molecule has 0 aliphatic heterocycles. The molecule has 8 heteroatoms. The molecule has 5 rings (SSSR count). The number of amides is 1. The highest BCUT2D eigenvalue weighted by Crippen LogP contribution is 2.25. The SMILES string of the molecule is COc1cccc(CNC(=O)CSc2nnc3ccc(-c4ccc(-c5ccccc5)cc4)nn23)c1. The third-order valence-corrected chi connectivity index (χ3v) is 6.40. The molecule has 7 nitrogen and oxygen atoms in total. The lowest BCUT2D eigenvalue weighted by atomic mass is 10.0. The summed E-state index contributed by atoms with van der Waals surface area (Å²) >= 11 is 1.30. The minimum absolute atomic E-state index is 0.0952. The van der Waals surface area contributed by atoms with Crippen LogP contribution in [0.1, 0.15) is 5.56 Å². The zero-order chi connectivity index (χ0) is 24.0. The van der Waals surface area contributed by atoms with Gasteiger partial charge in [0.1, 0.15) is 5.75 Å². The number of thioether (sulfide) groups is 1. The summed E-state index contributed by atoms with van der Waals surface area (Å²) in [5.74, 6) is 0.877. The van der Waals surface area contributed by atoms with Crippen LogP contribution in [0, 0.1) is 0 Å². The van der Waals surface area contributed by atoms with Gasteiger partial charge in [0, 0.05) is 12.1 Å². The molecule has 1 amide bonds. The molecule has 35 heavy (non-hydrogen) atoms. The molecule has 0 spiro atoms. The molecular weight excluding hydrogens is 458 g/mol. The predicted octanol–water partition coefficient (Wildman–Crippen LogP) is 4.88. The van der Waals surface area contributed by atoms with Crippen molar-refractivity contribution in [3.8, 4) is 28.1 Å². The fourth-order valence-corrected chi connectivity index (χ4v) is 4.36. The zero-order valence-electron chi connectivity index (χ0n) is 19.1. The van der Waals surface area contributed by atoms with Gasteiger partial charge >= 0.3 is 0 Å². The van der Waals surface area contributed by atoms with E-state index >= 15 is 0 Å². The standard InChI is InChI=1S/C27H23N5O2S/c1-34-23-9-5-6-19(16-23)17-28-26(33)18-35-27-30-29-25-15-14-24(31-32(25)27)22-12-10-21(11-13-22)20-7-3-2-4-8-20/h2-16H,17-18H2,1H3,(H,28,33). The van der Waals surface area contributed by atoms with Gasteiger partial charge in [-0.2, -0.15) is 9.61 Å². The number of ether oxygens (including phenoxy) is 1. The van der Waals surface area contributed by atoms with Crippen LogP contribution in [-0.2, 0) is 11.3 Å². The van der Waals surface area contributed by atoms with Gasteiger partial charge in [0.2, 0.25) is 11.1 Å². The molecule has 2 aromatic heterocycles. The first-order valence-electron chi connectivity index (χ1n) is 11.1. The highest BCUT2D eigenvalue weighted by molar-refractivity contribution is 7.99. The molecule has 0 aliphatic rings. The third-order valence-electron chi connectivity index (χ3n) is 5.48. The summed E-state index contributed by atoms with van der Waals surface area (Å²) in [6.07, 6.45) is 0. The van der Waals surface area contributed by atoms with E-state index in [4.69, 9.17) is 9.84 Å². The molecule has 0 radical (unpaired) electrons. The monoisotopic (exact) mass is 481 g/mol. The Morgan fingerprint density at radius 2 is 1.66 bits per heavy atom. The van der Waals surface area contributed by atoms with Crippen LogP contribution in [0.2, 0.25) is 0 Å². The van der Waals surface area contributed by atoms with Gasteiger partial charge in [-0.05, 0) is 41.0 Å². The highest BCUT2D eigenvalue weighted by Gasteiger charge is 2.12. The van der Waals surface area contributed by atoms with Gasteiger partial charge in [-0.3, -0.25) is 4.79 Å². The van der Waals surface area contributed by atoms with Crippen molar-refractivity contribution < 1.29 is 9.53 Å². The molecule has 0 fully saturated rings. The van der Waals surface area contributed by atoms with Crippen molar-refractivity contribution in [2.24, 2.45) is 0 Å². The lowest BCUT2D eigenvalue weighted by Crippen LogP contribution is -2.24. The molecule has 2 heterocycles. The molecule has 0 saturated carbocycles. The van der Waals surface area contributed by atoms with Gasteiger partial charge in [-0.1, -0.05) is 78.5 Å². The Morgan fingerprint density at radius 1 is 0.886 bits per heavy atom. The molecule has 0 unspecified atom stereocenters. The maximum Gasteiger partial charge on any atom is 0.230 e. The molecule has 174 valence electrons. The van der Waals surface area contributed by atoms with Crippen molar-refractivity contribution in [1.29, 1.82) is 0 Å². The molecule has 0 saturated heterocycles. The van der Waals surface area contributed by atoms with Crippen LogP contribution in [0.3, 0.4) is 0 Å². The lowest BCUT2D eigenvalue weighted by Gasteiger charge is -2.07. The first kappa shape index (κ1) is 22.6. The number of aromatic nitrogens is 4. The number of rotatable bonds is 8. The van der Waals surface area contributed by atoms with E-state index in [2.05, 4.69) is 51.9 Å². The normalized spacial score (nSPS) is 10.9. The number of benzene rings is 3. The van der Waals surface area contributed by atoms with Crippen LogP contribution in [0.15, 0.2) is 96.2 Å². The Balaban J connectivity index is 1.25. The van der Waals surface area contributed by atoms with Crippen molar-refractivity contribution in [3.63, 3.8) is 0 Å².